The molecule has 0 aromatic heterocycles. The van der Waals surface area contributed by atoms with Gasteiger partial charge >= 0.3 is 5.97 Å². The minimum absolute atomic E-state index is 0.0277. The highest BCUT2D eigenvalue weighted by atomic mass is 32.2. The molecule has 0 aliphatic heterocycles. The summed E-state index contributed by atoms with van der Waals surface area (Å²) < 4.78 is 26.1. The number of carbonyl (C=O) groups is 2. The normalized spacial score (nSPS) is 17.9. The molecule has 23 heavy (non-hydrogen) atoms. The van der Waals surface area contributed by atoms with Crippen molar-refractivity contribution in [2.45, 2.75) is 58.4 Å². The number of rotatable bonds is 9. The quantitative estimate of drug-likeness (QED) is 0.651. The molecule has 0 aromatic carbocycles. The smallest absolute Gasteiger partial charge is 0.321 e. The lowest BCUT2D eigenvalue weighted by atomic mass is 9.88. The highest BCUT2D eigenvalue weighted by Crippen LogP contribution is 2.27. The molecule has 0 bridgehead atoms. The molecule has 0 spiro atoms. The van der Waals surface area contributed by atoms with Gasteiger partial charge in [0.1, 0.15) is 6.04 Å². The summed E-state index contributed by atoms with van der Waals surface area (Å²) in [6.07, 6.45) is 6.17. The van der Waals surface area contributed by atoms with Gasteiger partial charge in [0, 0.05) is 20.0 Å². The second-order valence-corrected chi connectivity index (χ2v) is 8.26. The van der Waals surface area contributed by atoms with Gasteiger partial charge in [0.25, 0.3) is 0 Å². The molecule has 1 unspecified atom stereocenters. The number of sulfonamides is 1. The van der Waals surface area contributed by atoms with Crippen molar-refractivity contribution in [2.75, 3.05) is 18.8 Å². The molecule has 1 amide bonds. The van der Waals surface area contributed by atoms with Crippen LogP contribution in [0, 0.1) is 5.92 Å². The van der Waals surface area contributed by atoms with Crippen molar-refractivity contribution >= 4 is 21.9 Å². The Morgan fingerprint density at radius 2 is 1.87 bits per heavy atom. The summed E-state index contributed by atoms with van der Waals surface area (Å²) in [4.78, 5) is 22.1. The molecule has 1 atom stereocenters. The van der Waals surface area contributed by atoms with Crippen LogP contribution in [-0.2, 0) is 19.6 Å². The van der Waals surface area contributed by atoms with Crippen molar-refractivity contribution in [1.29, 1.82) is 0 Å². The molecule has 134 valence electrons. The van der Waals surface area contributed by atoms with Gasteiger partial charge in [-0.15, -0.1) is 0 Å². The second-order valence-electron chi connectivity index (χ2n) is 6.22. The van der Waals surface area contributed by atoms with Crippen LogP contribution in [0.4, 0.5) is 0 Å². The van der Waals surface area contributed by atoms with E-state index in [4.69, 9.17) is 5.11 Å². The number of amides is 1. The van der Waals surface area contributed by atoms with E-state index in [0.717, 1.165) is 30.0 Å². The average molecular weight is 348 g/mol. The predicted octanol–water partition coefficient (Wildman–Crippen LogP) is 1.20. The van der Waals surface area contributed by atoms with Crippen molar-refractivity contribution in [3.63, 3.8) is 0 Å². The van der Waals surface area contributed by atoms with Crippen molar-refractivity contribution in [3.8, 4) is 0 Å². The van der Waals surface area contributed by atoms with E-state index in [0.29, 0.717) is 12.3 Å². The Kier molecular flexibility index (Phi) is 7.98. The van der Waals surface area contributed by atoms with E-state index in [1.165, 1.54) is 20.3 Å². The first-order valence-corrected chi connectivity index (χ1v) is 9.81. The molecule has 0 heterocycles. The molecule has 2 N–H and O–H groups in total. The van der Waals surface area contributed by atoms with E-state index in [2.05, 4.69) is 5.32 Å². The lowest BCUT2D eigenvalue weighted by Crippen LogP contribution is -2.47. The molecule has 1 saturated carbocycles. The zero-order valence-electron chi connectivity index (χ0n) is 14.0. The van der Waals surface area contributed by atoms with Crippen LogP contribution in [0.1, 0.15) is 52.4 Å². The third-order valence-electron chi connectivity index (χ3n) is 4.36. The topological polar surface area (TPSA) is 104 Å². The van der Waals surface area contributed by atoms with Gasteiger partial charge < -0.3 is 10.4 Å². The summed E-state index contributed by atoms with van der Waals surface area (Å²) in [5.74, 6) is -1.08. The Morgan fingerprint density at radius 1 is 1.26 bits per heavy atom. The van der Waals surface area contributed by atoms with E-state index >= 15 is 0 Å². The first kappa shape index (κ1) is 19.9. The van der Waals surface area contributed by atoms with E-state index < -0.39 is 22.0 Å². The van der Waals surface area contributed by atoms with Crippen LogP contribution >= 0.6 is 0 Å². The highest BCUT2D eigenvalue weighted by Gasteiger charge is 2.31. The maximum absolute atomic E-state index is 12.5. The SMILES string of the molecule is CC(=O)NCCN(C(C)C(=O)O)S(=O)(=O)CCC1CCCCC1. The number of carbonyl (C=O) groups excluding carboxylic acids is 1. The zero-order valence-corrected chi connectivity index (χ0v) is 14.8. The number of nitrogens with one attached hydrogen (secondary N) is 1. The lowest BCUT2D eigenvalue weighted by Gasteiger charge is -2.27. The fraction of sp³-hybridized carbons (Fsp3) is 0.867. The molecule has 1 rings (SSSR count). The first-order chi connectivity index (χ1) is 10.7. The Labute approximate surface area is 138 Å². The molecule has 0 radical (unpaired) electrons. The van der Waals surface area contributed by atoms with Crippen LogP contribution in [0.25, 0.3) is 0 Å². The Hall–Kier alpha value is -1.15. The standard InChI is InChI=1S/C15H28N2O5S/c1-12(15(19)20)17(10-9-16-13(2)18)23(21,22)11-8-14-6-4-3-5-7-14/h12,14H,3-11H2,1-2H3,(H,16,18)(H,19,20). The zero-order chi connectivity index (χ0) is 17.5. The number of hydrogen-bond acceptors (Lipinski definition) is 4. The van der Waals surface area contributed by atoms with E-state index in [1.54, 1.807) is 0 Å². The number of carboxylic acids is 1. The summed E-state index contributed by atoms with van der Waals surface area (Å²) >= 11 is 0. The van der Waals surface area contributed by atoms with Gasteiger partial charge in [-0.25, -0.2) is 8.42 Å². The molecular weight excluding hydrogens is 320 g/mol. The van der Waals surface area contributed by atoms with Gasteiger partial charge in [0.2, 0.25) is 15.9 Å². The molecule has 0 saturated heterocycles. The van der Waals surface area contributed by atoms with E-state index in [9.17, 15) is 18.0 Å². The molecule has 0 aromatic rings. The fourth-order valence-corrected chi connectivity index (χ4v) is 4.75. The monoisotopic (exact) mass is 348 g/mol. The minimum Gasteiger partial charge on any atom is -0.480 e. The Balaban J connectivity index is 2.68. The summed E-state index contributed by atoms with van der Waals surface area (Å²) in [6.45, 7) is 2.77. The second kappa shape index (κ2) is 9.22. The Bertz CT molecular complexity index is 500. The first-order valence-electron chi connectivity index (χ1n) is 8.21. The fourth-order valence-electron chi connectivity index (χ4n) is 2.95. The number of nitrogens with zero attached hydrogens (tertiary/aromatic N) is 1. The van der Waals surface area contributed by atoms with E-state index in [1.807, 2.05) is 0 Å². The predicted molar refractivity (Wildman–Crippen MR) is 87.5 cm³/mol. The van der Waals surface area contributed by atoms with Crippen molar-refractivity contribution in [1.82, 2.24) is 9.62 Å². The van der Waals surface area contributed by atoms with Crippen LogP contribution in [0.2, 0.25) is 0 Å². The van der Waals surface area contributed by atoms with Crippen LogP contribution in [0.15, 0.2) is 0 Å². The number of carboxylic acid groups (broad SMARTS) is 1. The average Bonchev–Trinajstić information content (AvgIpc) is 2.49. The van der Waals surface area contributed by atoms with Gasteiger partial charge in [-0.2, -0.15) is 4.31 Å². The minimum atomic E-state index is -3.66. The lowest BCUT2D eigenvalue weighted by molar-refractivity contribution is -0.140. The molecule has 1 aliphatic carbocycles. The van der Waals surface area contributed by atoms with Gasteiger partial charge in [-0.1, -0.05) is 32.1 Å². The Morgan fingerprint density at radius 3 is 2.39 bits per heavy atom. The molecule has 7 nitrogen and oxygen atoms in total. The van der Waals surface area contributed by atoms with Crippen LogP contribution in [-0.4, -0.2) is 54.6 Å². The van der Waals surface area contributed by atoms with Crippen LogP contribution in [0.3, 0.4) is 0 Å². The number of hydrogen-bond donors (Lipinski definition) is 2. The highest BCUT2D eigenvalue weighted by molar-refractivity contribution is 7.89. The third kappa shape index (κ3) is 6.87. The van der Waals surface area contributed by atoms with Crippen molar-refractivity contribution in [3.05, 3.63) is 0 Å². The summed E-state index contributed by atoms with van der Waals surface area (Å²) in [7, 11) is -3.66. The summed E-state index contributed by atoms with van der Waals surface area (Å²) in [5, 5.41) is 11.7. The van der Waals surface area contributed by atoms with Crippen molar-refractivity contribution < 1.29 is 23.1 Å². The largest absolute Gasteiger partial charge is 0.480 e. The summed E-state index contributed by atoms with van der Waals surface area (Å²) in [6, 6.07) is -1.14. The van der Waals surface area contributed by atoms with Gasteiger partial charge in [-0.05, 0) is 19.3 Å². The maximum atomic E-state index is 12.5. The third-order valence-corrected chi connectivity index (χ3v) is 6.33. The van der Waals surface area contributed by atoms with E-state index in [-0.39, 0.29) is 24.7 Å². The number of aliphatic carboxylic acids is 1. The molecular formula is C15H28N2O5S. The summed E-state index contributed by atoms with van der Waals surface area (Å²) in [5.41, 5.74) is 0. The maximum Gasteiger partial charge on any atom is 0.321 e. The van der Waals surface area contributed by atoms with Crippen molar-refractivity contribution in [2.24, 2.45) is 5.92 Å². The molecule has 1 fully saturated rings. The molecule has 8 heteroatoms. The van der Waals surface area contributed by atoms with Gasteiger partial charge in [0.05, 0.1) is 5.75 Å². The van der Waals surface area contributed by atoms with Gasteiger partial charge in [0.15, 0.2) is 0 Å². The van der Waals surface area contributed by atoms with Gasteiger partial charge in [-0.3, -0.25) is 9.59 Å². The molecule has 1 aliphatic rings. The van der Waals surface area contributed by atoms with Crippen LogP contribution in [0.5, 0.6) is 0 Å². The van der Waals surface area contributed by atoms with Crippen LogP contribution < -0.4 is 5.32 Å².